The summed E-state index contributed by atoms with van der Waals surface area (Å²) in [5.74, 6) is -5.32. The number of anilines is 1. The van der Waals surface area contributed by atoms with Gasteiger partial charge in [0.05, 0.1) is 41.1 Å². The molecule has 2 N–H and O–H groups in total. The van der Waals surface area contributed by atoms with Crippen LogP contribution in [0.15, 0.2) is 60.2 Å². The number of aryl methyl sites for hydroxylation is 2. The zero-order valence-electron chi connectivity index (χ0n) is 29.2. The summed E-state index contributed by atoms with van der Waals surface area (Å²) in [6.07, 6.45) is 2.03. The second-order valence-corrected chi connectivity index (χ2v) is 16.0. The van der Waals surface area contributed by atoms with Crippen molar-refractivity contribution in [2.75, 3.05) is 24.7 Å². The van der Waals surface area contributed by atoms with Crippen LogP contribution in [-0.4, -0.2) is 74.2 Å². The van der Waals surface area contributed by atoms with Gasteiger partial charge in [-0.1, -0.05) is 35.4 Å². The molecule has 6 unspecified atom stereocenters. The number of carbonyl (C=O) groups is 5. The fourth-order valence-electron chi connectivity index (χ4n) is 9.24. The number of imide groups is 2. The highest BCUT2D eigenvalue weighted by Crippen LogP contribution is 2.63. The van der Waals surface area contributed by atoms with Crippen molar-refractivity contribution in [3.63, 3.8) is 0 Å². The van der Waals surface area contributed by atoms with Crippen molar-refractivity contribution in [3.05, 3.63) is 76.3 Å². The molecule has 6 atom stereocenters. The van der Waals surface area contributed by atoms with Gasteiger partial charge in [0, 0.05) is 35.3 Å². The van der Waals surface area contributed by atoms with Gasteiger partial charge in [0.15, 0.2) is 0 Å². The quantitative estimate of drug-likeness (QED) is 0.170. The fourth-order valence-corrected chi connectivity index (χ4v) is 10.6. The standard InChI is InChI=1S/C39H37ClN4O8S/c1-19-25-16-21(40)6-11-29(25)53-34(19)28-18-30(42(3)41-28)44-36(49)27-17-26-23(9-10-24-32(26)37(50)43(35(24)48)13-12-31(46)47)33(39(27,2)38(44)51)20-4-7-22(8-5-20)52-15-14-45/h4-9,11,16,18,24,26-27,32-33,45H,10,12-15,17H2,1-3H3,(H,46,47). The number of aliphatic hydroxyl groups is 1. The largest absolute Gasteiger partial charge is 0.491 e. The van der Waals surface area contributed by atoms with E-state index in [1.165, 1.54) is 4.90 Å². The summed E-state index contributed by atoms with van der Waals surface area (Å²) >= 11 is 7.85. The Labute approximate surface area is 313 Å². The zero-order chi connectivity index (χ0) is 37.5. The first-order valence-electron chi connectivity index (χ1n) is 17.6. The van der Waals surface area contributed by atoms with Gasteiger partial charge in [0.1, 0.15) is 23.9 Å². The lowest BCUT2D eigenvalue weighted by atomic mass is 9.51. The Morgan fingerprint density at radius 3 is 2.53 bits per heavy atom. The molecule has 0 spiro atoms. The van der Waals surface area contributed by atoms with E-state index in [1.807, 2.05) is 50.3 Å². The van der Waals surface area contributed by atoms with Crippen LogP contribution >= 0.6 is 22.9 Å². The zero-order valence-corrected chi connectivity index (χ0v) is 30.8. The molecule has 12 nitrogen and oxygen atoms in total. The number of carboxylic acids is 1. The van der Waals surface area contributed by atoms with Crippen molar-refractivity contribution < 1.29 is 38.9 Å². The topological polar surface area (TPSA) is 159 Å². The number of aliphatic hydroxyl groups excluding tert-OH is 1. The Balaban J connectivity index is 1.21. The number of hydrogen-bond acceptors (Lipinski definition) is 9. The number of ether oxygens (including phenoxy) is 1. The molecule has 2 saturated heterocycles. The molecule has 3 fully saturated rings. The predicted octanol–water partition coefficient (Wildman–Crippen LogP) is 5.34. The van der Waals surface area contributed by atoms with Crippen LogP contribution in [0.4, 0.5) is 5.82 Å². The monoisotopic (exact) mass is 756 g/mol. The SMILES string of the molecule is Cc1c(-c2cc(N3C(=O)C4CC5C(=CCC6C(=O)N(CCC(=O)O)C(=O)C65)C(c5ccc(OCCO)cc5)C4(C)C3=O)n(C)n2)sc2ccc(Cl)cc12. The Morgan fingerprint density at radius 2 is 1.81 bits per heavy atom. The molecule has 14 heteroatoms. The lowest BCUT2D eigenvalue weighted by molar-refractivity contribution is -0.142. The third kappa shape index (κ3) is 5.34. The summed E-state index contributed by atoms with van der Waals surface area (Å²) in [6.45, 7) is 3.54. The number of amides is 4. The minimum absolute atomic E-state index is 0.108. The van der Waals surface area contributed by atoms with Crippen LogP contribution in [0.3, 0.4) is 0 Å². The molecule has 2 aromatic heterocycles. The first-order chi connectivity index (χ1) is 25.3. The van der Waals surface area contributed by atoms with E-state index in [1.54, 1.807) is 41.3 Å². The van der Waals surface area contributed by atoms with Crippen LogP contribution in [0.1, 0.15) is 43.2 Å². The number of halogens is 1. The van der Waals surface area contributed by atoms with Gasteiger partial charge >= 0.3 is 5.97 Å². The summed E-state index contributed by atoms with van der Waals surface area (Å²) in [6, 6.07) is 14.7. The molecule has 2 aliphatic heterocycles. The summed E-state index contributed by atoms with van der Waals surface area (Å²) in [5.41, 5.74) is 1.91. The molecule has 2 aromatic carbocycles. The van der Waals surface area contributed by atoms with Crippen molar-refractivity contribution >= 4 is 68.4 Å². The third-order valence-electron chi connectivity index (χ3n) is 11.7. The first kappa shape index (κ1) is 35.2. The van der Waals surface area contributed by atoms with Gasteiger partial charge in [-0.25, -0.2) is 4.90 Å². The first-order valence-corrected chi connectivity index (χ1v) is 18.8. The van der Waals surface area contributed by atoms with Gasteiger partial charge < -0.3 is 14.9 Å². The highest BCUT2D eigenvalue weighted by molar-refractivity contribution is 7.22. The number of aromatic nitrogens is 2. The van der Waals surface area contributed by atoms with Crippen LogP contribution in [-0.2, 0) is 31.0 Å². The van der Waals surface area contributed by atoms with Gasteiger partial charge in [-0.3, -0.25) is 33.6 Å². The molecule has 4 heterocycles. The Hall–Kier alpha value is -4.85. The average molecular weight is 757 g/mol. The highest BCUT2D eigenvalue weighted by atomic mass is 35.5. The number of carbonyl (C=O) groups excluding carboxylic acids is 4. The van der Waals surface area contributed by atoms with Gasteiger partial charge in [-0.15, -0.1) is 11.3 Å². The van der Waals surface area contributed by atoms with Crippen molar-refractivity contribution in [1.82, 2.24) is 14.7 Å². The van der Waals surface area contributed by atoms with Crippen molar-refractivity contribution in [2.24, 2.45) is 36.1 Å². The normalized spacial score (nSPS) is 26.6. The van der Waals surface area contributed by atoms with E-state index in [4.69, 9.17) is 21.4 Å². The third-order valence-corrected chi connectivity index (χ3v) is 13.2. The maximum Gasteiger partial charge on any atom is 0.305 e. The number of aliphatic carboxylic acids is 1. The summed E-state index contributed by atoms with van der Waals surface area (Å²) in [4.78, 5) is 71.8. The van der Waals surface area contributed by atoms with E-state index in [-0.39, 0.29) is 44.9 Å². The lowest BCUT2D eigenvalue weighted by Crippen LogP contribution is -2.48. The van der Waals surface area contributed by atoms with Crippen molar-refractivity contribution in [2.45, 2.75) is 39.0 Å². The highest BCUT2D eigenvalue weighted by Gasteiger charge is 2.68. The van der Waals surface area contributed by atoms with E-state index >= 15 is 4.79 Å². The van der Waals surface area contributed by atoms with E-state index in [9.17, 15) is 29.4 Å². The summed E-state index contributed by atoms with van der Waals surface area (Å²) in [5, 5.41) is 25.0. The number of thiophene rings is 1. The minimum Gasteiger partial charge on any atom is -0.491 e. The van der Waals surface area contributed by atoms with Crippen LogP contribution in [0, 0.1) is 36.0 Å². The smallest absolute Gasteiger partial charge is 0.305 e. The number of hydrogen-bond donors (Lipinski definition) is 2. The van der Waals surface area contributed by atoms with E-state index in [0.29, 0.717) is 22.3 Å². The van der Waals surface area contributed by atoms with E-state index in [2.05, 4.69) is 0 Å². The molecule has 4 aromatic rings. The number of fused-ring (bicyclic) bond motifs is 5. The second kappa shape index (κ2) is 12.9. The van der Waals surface area contributed by atoms with Gasteiger partial charge in [-0.05, 0) is 79.5 Å². The molecule has 8 rings (SSSR count). The molecule has 0 bridgehead atoms. The maximum absolute atomic E-state index is 15.0. The Kier molecular flexibility index (Phi) is 8.58. The van der Waals surface area contributed by atoms with Crippen molar-refractivity contribution in [3.8, 4) is 16.3 Å². The van der Waals surface area contributed by atoms with Gasteiger partial charge in [-0.2, -0.15) is 5.10 Å². The Bertz CT molecular complexity index is 2260. The number of carboxylic acid groups (broad SMARTS) is 1. The average Bonchev–Trinajstić information content (AvgIpc) is 3.80. The molecule has 0 radical (unpaired) electrons. The maximum atomic E-state index is 15.0. The molecular weight excluding hydrogens is 720 g/mol. The van der Waals surface area contributed by atoms with E-state index < -0.39 is 58.7 Å². The predicted molar refractivity (Wildman–Crippen MR) is 196 cm³/mol. The van der Waals surface area contributed by atoms with Crippen LogP contribution in [0.2, 0.25) is 5.02 Å². The second-order valence-electron chi connectivity index (χ2n) is 14.5. The summed E-state index contributed by atoms with van der Waals surface area (Å²) < 4.78 is 8.19. The number of allylic oxidation sites excluding steroid dienone is 2. The molecule has 4 amide bonds. The van der Waals surface area contributed by atoms with Crippen LogP contribution < -0.4 is 9.64 Å². The van der Waals surface area contributed by atoms with Crippen LogP contribution in [0.25, 0.3) is 20.7 Å². The lowest BCUT2D eigenvalue weighted by Gasteiger charge is -2.49. The molecule has 53 heavy (non-hydrogen) atoms. The van der Waals surface area contributed by atoms with Crippen molar-refractivity contribution in [1.29, 1.82) is 0 Å². The number of benzene rings is 2. The molecule has 1 saturated carbocycles. The number of nitrogens with zero attached hydrogens (tertiary/aromatic N) is 4. The van der Waals surface area contributed by atoms with Crippen LogP contribution in [0.5, 0.6) is 5.75 Å². The minimum atomic E-state index is -1.26. The van der Waals surface area contributed by atoms with Gasteiger partial charge in [0.2, 0.25) is 23.6 Å². The van der Waals surface area contributed by atoms with E-state index in [0.717, 1.165) is 36.6 Å². The fraction of sp³-hybridized carbons (Fsp3) is 0.385. The number of likely N-dealkylation sites (tertiary alicyclic amines) is 1. The van der Waals surface area contributed by atoms with Gasteiger partial charge in [0.25, 0.3) is 0 Å². The summed E-state index contributed by atoms with van der Waals surface area (Å²) in [7, 11) is 1.70. The molecule has 4 aliphatic rings. The Morgan fingerprint density at radius 1 is 1.06 bits per heavy atom. The number of rotatable bonds is 9. The molecule has 274 valence electrons. The molecule has 2 aliphatic carbocycles. The molecular formula is C39H37ClN4O8S.